The van der Waals surface area contributed by atoms with Crippen molar-refractivity contribution in [1.29, 1.82) is 0 Å². The number of amides is 1. The molecule has 24 heavy (non-hydrogen) atoms. The lowest BCUT2D eigenvalue weighted by atomic mass is 9.98. The lowest BCUT2D eigenvalue weighted by Crippen LogP contribution is -2.51. The fourth-order valence-electron chi connectivity index (χ4n) is 3.70. The van der Waals surface area contributed by atoms with Crippen LogP contribution in [-0.2, 0) is 11.3 Å². The van der Waals surface area contributed by atoms with Crippen molar-refractivity contribution in [1.82, 2.24) is 10.2 Å². The zero-order valence-corrected chi connectivity index (χ0v) is 15.2. The van der Waals surface area contributed by atoms with Gasteiger partial charge in [-0.25, -0.2) is 0 Å². The van der Waals surface area contributed by atoms with Crippen LogP contribution in [0.2, 0.25) is 10.0 Å². The Morgan fingerprint density at radius 1 is 1.17 bits per heavy atom. The van der Waals surface area contributed by atoms with E-state index in [1.54, 1.807) is 6.07 Å². The van der Waals surface area contributed by atoms with E-state index in [-0.39, 0.29) is 11.9 Å². The Labute approximate surface area is 153 Å². The Bertz CT molecular complexity index is 574. The number of nitrogens with one attached hydrogen (secondary N) is 1. The first kappa shape index (κ1) is 18.0. The average molecular weight is 371 g/mol. The highest BCUT2D eigenvalue weighted by Crippen LogP contribution is 2.30. The second-order valence-electron chi connectivity index (χ2n) is 7.04. The molecule has 0 aromatic heterocycles. The van der Waals surface area contributed by atoms with Gasteiger partial charge in [0.2, 0.25) is 0 Å². The van der Waals surface area contributed by atoms with Gasteiger partial charge in [0.1, 0.15) is 5.60 Å². The maximum Gasteiger partial charge on any atom is 0.252 e. The minimum atomic E-state index is -1.13. The molecule has 0 atom stereocenters. The number of halogens is 2. The summed E-state index contributed by atoms with van der Waals surface area (Å²) in [5.41, 5.74) is -0.0236. The minimum absolute atomic E-state index is 0.154. The molecule has 1 aliphatic carbocycles. The highest BCUT2D eigenvalue weighted by Gasteiger charge is 2.39. The van der Waals surface area contributed by atoms with Crippen LogP contribution in [0.25, 0.3) is 0 Å². The first-order valence-corrected chi connectivity index (χ1v) is 9.41. The normalized spacial score (nSPS) is 21.8. The third kappa shape index (κ3) is 4.42. The van der Waals surface area contributed by atoms with Crippen LogP contribution in [-0.4, -0.2) is 40.6 Å². The molecule has 2 aliphatic rings. The fourth-order valence-corrected chi connectivity index (χ4v) is 4.27. The molecule has 0 unspecified atom stereocenters. The summed E-state index contributed by atoms with van der Waals surface area (Å²) in [6.45, 7) is 2.63. The Balaban J connectivity index is 1.48. The maximum atomic E-state index is 12.3. The molecule has 1 saturated heterocycles. The van der Waals surface area contributed by atoms with Crippen LogP contribution in [0.4, 0.5) is 0 Å². The van der Waals surface area contributed by atoms with E-state index in [0.717, 1.165) is 50.9 Å². The van der Waals surface area contributed by atoms with Gasteiger partial charge in [0, 0.05) is 35.7 Å². The number of nitrogens with zero attached hydrogens (tertiary/aromatic N) is 1. The van der Waals surface area contributed by atoms with E-state index in [1.165, 1.54) is 0 Å². The van der Waals surface area contributed by atoms with E-state index in [2.05, 4.69) is 10.2 Å². The zero-order chi connectivity index (χ0) is 17.2. The van der Waals surface area contributed by atoms with E-state index < -0.39 is 5.60 Å². The number of carbonyl (C=O) groups is 1. The molecule has 1 amide bonds. The minimum Gasteiger partial charge on any atom is -0.380 e. The summed E-state index contributed by atoms with van der Waals surface area (Å²) in [4.78, 5) is 14.6. The number of benzene rings is 1. The Morgan fingerprint density at radius 2 is 1.75 bits per heavy atom. The van der Waals surface area contributed by atoms with Crippen LogP contribution in [0.3, 0.4) is 0 Å². The second-order valence-corrected chi connectivity index (χ2v) is 7.91. The van der Waals surface area contributed by atoms with E-state index in [0.29, 0.717) is 22.9 Å². The lowest BCUT2D eigenvalue weighted by Gasteiger charge is -2.34. The fraction of sp³-hybridized carbons (Fsp3) is 0.611. The molecule has 1 heterocycles. The van der Waals surface area contributed by atoms with Gasteiger partial charge < -0.3 is 10.4 Å². The van der Waals surface area contributed by atoms with E-state index >= 15 is 0 Å². The topological polar surface area (TPSA) is 52.6 Å². The maximum absolute atomic E-state index is 12.3. The second kappa shape index (κ2) is 7.61. The predicted octanol–water partition coefficient (Wildman–Crippen LogP) is 3.38. The molecule has 132 valence electrons. The van der Waals surface area contributed by atoms with Crippen LogP contribution < -0.4 is 5.32 Å². The third-order valence-corrected chi connectivity index (χ3v) is 5.54. The van der Waals surface area contributed by atoms with Crippen LogP contribution in [0.1, 0.15) is 44.1 Å². The molecule has 6 heteroatoms. The summed E-state index contributed by atoms with van der Waals surface area (Å²) in [5.74, 6) is -0.180. The standard InChI is InChI=1S/C18H24Cl2N2O2/c19-14-9-13(10-15(20)11-14)12-22-7-3-16(4-8-22)21-17(23)18(24)5-1-2-6-18/h9-11,16,24H,1-8,12H2,(H,21,23). The molecule has 1 aromatic rings. The van der Waals surface area contributed by atoms with E-state index in [4.69, 9.17) is 23.2 Å². The first-order chi connectivity index (χ1) is 11.4. The third-order valence-electron chi connectivity index (χ3n) is 5.10. The van der Waals surface area contributed by atoms with Crippen LogP contribution in [0.5, 0.6) is 0 Å². The molecule has 1 aromatic carbocycles. The molecule has 4 nitrogen and oxygen atoms in total. The van der Waals surface area contributed by atoms with Gasteiger partial charge in [-0.15, -0.1) is 0 Å². The summed E-state index contributed by atoms with van der Waals surface area (Å²) < 4.78 is 0. The molecule has 0 spiro atoms. The molecule has 1 saturated carbocycles. The van der Waals surface area contributed by atoms with Crippen molar-refractivity contribution in [2.24, 2.45) is 0 Å². The summed E-state index contributed by atoms with van der Waals surface area (Å²) in [6, 6.07) is 5.77. The van der Waals surface area contributed by atoms with Gasteiger partial charge in [0.15, 0.2) is 0 Å². The Kier molecular flexibility index (Phi) is 5.70. The van der Waals surface area contributed by atoms with Crippen molar-refractivity contribution in [2.75, 3.05) is 13.1 Å². The first-order valence-electron chi connectivity index (χ1n) is 8.65. The Morgan fingerprint density at radius 3 is 2.33 bits per heavy atom. The number of aliphatic hydroxyl groups is 1. The molecule has 2 fully saturated rings. The van der Waals surface area contributed by atoms with Gasteiger partial charge in [-0.2, -0.15) is 0 Å². The van der Waals surface area contributed by atoms with Crippen molar-refractivity contribution in [3.05, 3.63) is 33.8 Å². The molecule has 0 radical (unpaired) electrons. The van der Waals surface area contributed by atoms with Gasteiger partial charge in [-0.05, 0) is 62.3 Å². The summed E-state index contributed by atoms with van der Waals surface area (Å²) >= 11 is 12.1. The van der Waals surface area contributed by atoms with Crippen molar-refractivity contribution in [3.63, 3.8) is 0 Å². The van der Waals surface area contributed by atoms with E-state index in [1.807, 2.05) is 12.1 Å². The van der Waals surface area contributed by atoms with Crippen LogP contribution >= 0.6 is 23.2 Å². The summed E-state index contributed by atoms with van der Waals surface area (Å²) in [5, 5.41) is 14.7. The SMILES string of the molecule is O=C(NC1CCN(Cc2cc(Cl)cc(Cl)c2)CC1)C1(O)CCCC1. The number of carbonyl (C=O) groups excluding carboxylic acids is 1. The number of hydrogen-bond acceptors (Lipinski definition) is 3. The number of piperidine rings is 1. The van der Waals surface area contributed by atoms with Crippen molar-refractivity contribution >= 4 is 29.1 Å². The molecular weight excluding hydrogens is 347 g/mol. The summed E-state index contributed by atoms with van der Waals surface area (Å²) in [6.07, 6.45) is 4.85. The van der Waals surface area contributed by atoms with Gasteiger partial charge in [0.25, 0.3) is 5.91 Å². The lowest BCUT2D eigenvalue weighted by molar-refractivity contribution is -0.140. The number of rotatable bonds is 4. The van der Waals surface area contributed by atoms with Crippen molar-refractivity contribution in [3.8, 4) is 0 Å². The Hall–Kier alpha value is -0.810. The highest BCUT2D eigenvalue weighted by molar-refractivity contribution is 6.34. The highest BCUT2D eigenvalue weighted by atomic mass is 35.5. The summed E-state index contributed by atoms with van der Waals surface area (Å²) in [7, 11) is 0. The van der Waals surface area contributed by atoms with Gasteiger partial charge in [0.05, 0.1) is 0 Å². The zero-order valence-electron chi connectivity index (χ0n) is 13.7. The van der Waals surface area contributed by atoms with E-state index in [9.17, 15) is 9.90 Å². The van der Waals surface area contributed by atoms with Gasteiger partial charge in [-0.3, -0.25) is 9.69 Å². The van der Waals surface area contributed by atoms with Gasteiger partial charge in [-0.1, -0.05) is 23.2 Å². The number of hydrogen-bond donors (Lipinski definition) is 2. The monoisotopic (exact) mass is 370 g/mol. The molecule has 0 bridgehead atoms. The van der Waals surface area contributed by atoms with Crippen molar-refractivity contribution in [2.45, 2.75) is 56.7 Å². The molecule has 1 aliphatic heterocycles. The molecule has 2 N–H and O–H groups in total. The van der Waals surface area contributed by atoms with Gasteiger partial charge >= 0.3 is 0 Å². The van der Waals surface area contributed by atoms with Crippen LogP contribution in [0.15, 0.2) is 18.2 Å². The quantitative estimate of drug-likeness (QED) is 0.853. The van der Waals surface area contributed by atoms with Crippen LogP contribution in [0, 0.1) is 0 Å². The smallest absolute Gasteiger partial charge is 0.252 e. The van der Waals surface area contributed by atoms with Crippen molar-refractivity contribution < 1.29 is 9.90 Å². The average Bonchev–Trinajstić information content (AvgIpc) is 2.96. The predicted molar refractivity (Wildman–Crippen MR) is 96.3 cm³/mol. The molecular formula is C18H24Cl2N2O2. The molecule has 3 rings (SSSR count). The largest absolute Gasteiger partial charge is 0.380 e. The number of likely N-dealkylation sites (tertiary alicyclic amines) is 1.